The van der Waals surface area contributed by atoms with Gasteiger partial charge in [-0.15, -0.1) is 11.3 Å². The number of ether oxygens (including phenoxy) is 1. The molecule has 0 spiro atoms. The molecule has 1 saturated heterocycles. The van der Waals surface area contributed by atoms with Gasteiger partial charge in [-0.25, -0.2) is 4.98 Å². The van der Waals surface area contributed by atoms with E-state index in [9.17, 15) is 14.9 Å². The quantitative estimate of drug-likeness (QED) is 0.415. The summed E-state index contributed by atoms with van der Waals surface area (Å²) in [6, 6.07) is 12.5. The Kier molecular flexibility index (Phi) is 6.48. The van der Waals surface area contributed by atoms with Crippen LogP contribution in [-0.4, -0.2) is 58.9 Å². The van der Waals surface area contributed by atoms with Crippen LogP contribution in [0.2, 0.25) is 0 Å². The average Bonchev–Trinajstić information content (AvgIpc) is 3.28. The summed E-state index contributed by atoms with van der Waals surface area (Å²) in [6.45, 7) is 5.03. The maximum atomic E-state index is 12.8. The maximum Gasteiger partial charge on any atom is 0.273 e. The highest BCUT2D eigenvalue weighted by atomic mass is 32.1. The monoisotopic (exact) mass is 452 g/mol. The predicted octanol–water partition coefficient (Wildman–Crippen LogP) is 3.99. The summed E-state index contributed by atoms with van der Waals surface area (Å²) < 4.78 is 5.20. The van der Waals surface area contributed by atoms with Gasteiger partial charge >= 0.3 is 0 Å². The van der Waals surface area contributed by atoms with Crippen molar-refractivity contribution in [1.29, 1.82) is 0 Å². The number of hydrogen-bond donors (Lipinski definition) is 0. The largest absolute Gasteiger partial charge is 0.497 e. The van der Waals surface area contributed by atoms with Crippen molar-refractivity contribution in [3.05, 3.63) is 74.1 Å². The Hall–Kier alpha value is -3.30. The minimum Gasteiger partial charge on any atom is -0.497 e. The third-order valence-electron chi connectivity index (χ3n) is 5.61. The van der Waals surface area contributed by atoms with Crippen molar-refractivity contribution in [2.24, 2.45) is 0 Å². The second kappa shape index (κ2) is 9.46. The van der Waals surface area contributed by atoms with E-state index >= 15 is 0 Å². The fourth-order valence-corrected chi connectivity index (χ4v) is 4.54. The van der Waals surface area contributed by atoms with Crippen LogP contribution in [0.4, 0.5) is 5.69 Å². The number of rotatable bonds is 6. The van der Waals surface area contributed by atoms with Crippen molar-refractivity contribution in [2.45, 2.75) is 13.5 Å². The van der Waals surface area contributed by atoms with Crippen LogP contribution in [0.5, 0.6) is 5.75 Å². The van der Waals surface area contributed by atoms with Crippen LogP contribution in [0.25, 0.3) is 11.3 Å². The molecule has 8 nitrogen and oxygen atoms in total. The molecule has 1 aliphatic rings. The summed E-state index contributed by atoms with van der Waals surface area (Å²) in [5, 5.41) is 14.3. The van der Waals surface area contributed by atoms with Crippen LogP contribution in [-0.2, 0) is 6.54 Å². The molecule has 3 aromatic rings. The van der Waals surface area contributed by atoms with Crippen LogP contribution in [0.15, 0.2) is 47.8 Å². The van der Waals surface area contributed by atoms with Crippen molar-refractivity contribution < 1.29 is 14.5 Å². The van der Waals surface area contributed by atoms with Gasteiger partial charge in [0.2, 0.25) is 0 Å². The first-order valence-electron chi connectivity index (χ1n) is 10.3. The van der Waals surface area contributed by atoms with E-state index in [1.165, 1.54) is 6.07 Å². The molecule has 4 rings (SSSR count). The van der Waals surface area contributed by atoms with Gasteiger partial charge in [-0.3, -0.25) is 19.8 Å². The second-order valence-electron chi connectivity index (χ2n) is 7.68. The Bertz CT molecular complexity index is 1120. The number of methoxy groups -OCH3 is 1. The Morgan fingerprint density at radius 2 is 1.88 bits per heavy atom. The minimum absolute atomic E-state index is 0.0223. The first-order chi connectivity index (χ1) is 15.4. The van der Waals surface area contributed by atoms with Gasteiger partial charge in [-0.1, -0.05) is 6.07 Å². The lowest BCUT2D eigenvalue weighted by atomic mass is 10.1. The van der Waals surface area contributed by atoms with E-state index < -0.39 is 4.92 Å². The topological polar surface area (TPSA) is 88.8 Å². The zero-order valence-corrected chi connectivity index (χ0v) is 18.8. The van der Waals surface area contributed by atoms with E-state index in [1.54, 1.807) is 42.4 Å². The lowest BCUT2D eigenvalue weighted by Gasteiger charge is -2.34. The van der Waals surface area contributed by atoms with Crippen LogP contribution in [0.3, 0.4) is 0 Å². The van der Waals surface area contributed by atoms with E-state index in [0.29, 0.717) is 24.2 Å². The Balaban J connectivity index is 1.34. The van der Waals surface area contributed by atoms with Gasteiger partial charge in [-0.05, 0) is 37.3 Å². The molecule has 1 fully saturated rings. The summed E-state index contributed by atoms with van der Waals surface area (Å²) in [6.07, 6.45) is 0. The molecule has 1 aliphatic heterocycles. The zero-order chi connectivity index (χ0) is 22.7. The fourth-order valence-electron chi connectivity index (χ4n) is 3.70. The molecule has 0 radical (unpaired) electrons. The Labute approximate surface area is 190 Å². The second-order valence-corrected chi connectivity index (χ2v) is 8.62. The predicted molar refractivity (Wildman–Crippen MR) is 123 cm³/mol. The van der Waals surface area contributed by atoms with Crippen molar-refractivity contribution >= 4 is 22.9 Å². The molecule has 9 heteroatoms. The SMILES string of the molecule is COc1ccc(-c2csc(CN3CCN(C(=O)c4ccc(C)c([N+](=O)[O-])c4)CC3)n2)cc1. The number of carbonyl (C=O) groups excluding carboxylic acids is 1. The van der Waals surface area contributed by atoms with E-state index in [2.05, 4.69) is 10.3 Å². The molecule has 0 N–H and O–H groups in total. The van der Waals surface area contributed by atoms with Crippen LogP contribution in [0.1, 0.15) is 20.9 Å². The summed E-state index contributed by atoms with van der Waals surface area (Å²) in [5.41, 5.74) is 2.89. The zero-order valence-electron chi connectivity index (χ0n) is 18.0. The lowest BCUT2D eigenvalue weighted by molar-refractivity contribution is -0.385. The number of nitro benzene ring substituents is 1. The molecule has 166 valence electrons. The van der Waals surface area contributed by atoms with Gasteiger partial charge in [0.15, 0.2) is 0 Å². The van der Waals surface area contributed by atoms with Gasteiger partial charge in [-0.2, -0.15) is 0 Å². The van der Waals surface area contributed by atoms with Gasteiger partial charge in [0.05, 0.1) is 24.3 Å². The summed E-state index contributed by atoms with van der Waals surface area (Å²) >= 11 is 1.63. The first kappa shape index (κ1) is 21.9. The number of benzene rings is 2. The first-order valence-corrected chi connectivity index (χ1v) is 11.2. The lowest BCUT2D eigenvalue weighted by Crippen LogP contribution is -2.48. The molecule has 1 aromatic heterocycles. The number of amides is 1. The summed E-state index contributed by atoms with van der Waals surface area (Å²) in [7, 11) is 1.65. The number of nitrogens with zero attached hydrogens (tertiary/aromatic N) is 4. The van der Waals surface area contributed by atoms with Crippen LogP contribution < -0.4 is 4.74 Å². The smallest absolute Gasteiger partial charge is 0.273 e. The van der Waals surface area contributed by atoms with E-state index in [4.69, 9.17) is 9.72 Å². The number of hydrogen-bond acceptors (Lipinski definition) is 7. The van der Waals surface area contributed by atoms with E-state index in [1.807, 2.05) is 24.3 Å². The highest BCUT2D eigenvalue weighted by molar-refractivity contribution is 7.09. The Morgan fingerprint density at radius 3 is 2.53 bits per heavy atom. The number of aryl methyl sites for hydroxylation is 1. The summed E-state index contributed by atoms with van der Waals surface area (Å²) in [5.74, 6) is 0.653. The maximum absolute atomic E-state index is 12.8. The molecule has 32 heavy (non-hydrogen) atoms. The summed E-state index contributed by atoms with van der Waals surface area (Å²) in [4.78, 5) is 32.3. The third kappa shape index (κ3) is 4.79. The normalized spacial score (nSPS) is 14.4. The number of aromatic nitrogens is 1. The molecule has 2 heterocycles. The van der Waals surface area contributed by atoms with Crippen molar-refractivity contribution in [3.8, 4) is 17.0 Å². The fraction of sp³-hybridized carbons (Fsp3) is 0.304. The van der Waals surface area contributed by atoms with Crippen LogP contribution >= 0.6 is 11.3 Å². The molecule has 2 aromatic carbocycles. The van der Waals surface area contributed by atoms with Crippen molar-refractivity contribution in [2.75, 3.05) is 33.3 Å². The molecule has 0 unspecified atom stereocenters. The molecule has 0 bridgehead atoms. The van der Waals surface area contributed by atoms with E-state index in [0.717, 1.165) is 41.6 Å². The number of nitro groups is 1. The van der Waals surface area contributed by atoms with Crippen LogP contribution in [0, 0.1) is 17.0 Å². The number of piperazine rings is 1. The number of carbonyl (C=O) groups is 1. The minimum atomic E-state index is -0.446. The molecule has 0 saturated carbocycles. The third-order valence-corrected chi connectivity index (χ3v) is 6.44. The van der Waals surface area contributed by atoms with E-state index in [-0.39, 0.29) is 11.6 Å². The molecule has 0 aliphatic carbocycles. The number of thiazole rings is 1. The van der Waals surface area contributed by atoms with Gasteiger partial charge in [0.25, 0.3) is 11.6 Å². The van der Waals surface area contributed by atoms with Gasteiger partial charge in [0, 0.05) is 54.3 Å². The highest BCUT2D eigenvalue weighted by Gasteiger charge is 2.24. The molecule has 0 atom stereocenters. The Morgan fingerprint density at radius 1 is 1.16 bits per heavy atom. The standard InChI is InChI=1S/C23H24N4O4S/c1-16-3-4-18(13-21(16)27(29)30)23(28)26-11-9-25(10-12-26)14-22-24-20(15-32-22)17-5-7-19(31-2)8-6-17/h3-8,13,15H,9-12,14H2,1-2H3. The van der Waals surface area contributed by atoms with Crippen molar-refractivity contribution in [1.82, 2.24) is 14.8 Å². The van der Waals surface area contributed by atoms with Gasteiger partial charge in [0.1, 0.15) is 10.8 Å². The highest BCUT2D eigenvalue weighted by Crippen LogP contribution is 2.25. The molecular formula is C23H24N4O4S. The van der Waals surface area contributed by atoms with Crippen molar-refractivity contribution in [3.63, 3.8) is 0 Å². The average molecular weight is 453 g/mol. The van der Waals surface area contributed by atoms with Gasteiger partial charge < -0.3 is 9.64 Å². The molecular weight excluding hydrogens is 428 g/mol. The molecule has 1 amide bonds.